The third kappa shape index (κ3) is 14.0. The minimum absolute atomic E-state index is 1.11. The van der Waals surface area contributed by atoms with Crippen LogP contribution in [0.5, 0.6) is 0 Å². The number of hydrogen-bond donors (Lipinski definition) is 3. The van der Waals surface area contributed by atoms with Gasteiger partial charge in [0.15, 0.2) is 0 Å². The average molecular weight is 326 g/mol. The number of nitrogens with zero attached hydrogens (tertiary/aromatic N) is 1. The molecule has 0 aliphatic carbocycles. The van der Waals surface area contributed by atoms with E-state index in [0.29, 0.717) is 0 Å². The summed E-state index contributed by atoms with van der Waals surface area (Å²) in [6, 6.07) is 0. The first-order valence-corrected chi connectivity index (χ1v) is 8.88. The van der Waals surface area contributed by atoms with E-state index in [0.717, 1.165) is 12.2 Å². The number of rotatable bonds is 11. The number of aliphatic carboxylic acids is 1. The number of aliphatic hydroxyl groups is 1. The summed E-state index contributed by atoms with van der Waals surface area (Å²) in [7, 11) is 0. The number of imidazole rings is 1. The highest BCUT2D eigenvalue weighted by Gasteiger charge is 2.01. The Kier molecular flexibility index (Phi) is 13.4. The SMILES string of the molecule is CC(O)C(=O)O.CCCCCCCCCCCc1ncc(C)[nH]1. The number of carbonyl (C=O) groups is 1. The van der Waals surface area contributed by atoms with Crippen LogP contribution in [0.3, 0.4) is 0 Å². The fourth-order valence-electron chi connectivity index (χ4n) is 2.20. The van der Waals surface area contributed by atoms with Crippen molar-refractivity contribution >= 4 is 5.97 Å². The lowest BCUT2D eigenvalue weighted by Gasteiger charge is -2.01. The quantitative estimate of drug-likeness (QED) is 0.531. The lowest BCUT2D eigenvalue weighted by atomic mass is 10.1. The van der Waals surface area contributed by atoms with Crippen molar-refractivity contribution in [3.05, 3.63) is 17.7 Å². The van der Waals surface area contributed by atoms with Crippen LogP contribution < -0.4 is 0 Å². The van der Waals surface area contributed by atoms with Crippen LogP contribution in [0.2, 0.25) is 0 Å². The maximum atomic E-state index is 9.45. The van der Waals surface area contributed by atoms with Crippen molar-refractivity contribution in [3.63, 3.8) is 0 Å². The largest absolute Gasteiger partial charge is 0.479 e. The van der Waals surface area contributed by atoms with E-state index in [9.17, 15) is 4.79 Å². The molecule has 134 valence electrons. The predicted octanol–water partition coefficient (Wildman–Crippen LogP) is 4.24. The van der Waals surface area contributed by atoms with Gasteiger partial charge in [0.05, 0.1) is 0 Å². The Hall–Kier alpha value is -1.36. The number of unbranched alkanes of at least 4 members (excludes halogenated alkanes) is 8. The normalized spacial score (nSPS) is 11.7. The summed E-state index contributed by atoms with van der Waals surface area (Å²) in [5.41, 5.74) is 1.18. The van der Waals surface area contributed by atoms with Gasteiger partial charge in [0.1, 0.15) is 11.9 Å². The number of aliphatic hydroxyl groups excluding tert-OH is 1. The Balaban J connectivity index is 0.000000688. The summed E-state index contributed by atoms with van der Waals surface area (Å²) >= 11 is 0. The smallest absolute Gasteiger partial charge is 0.332 e. The maximum absolute atomic E-state index is 9.45. The van der Waals surface area contributed by atoms with Gasteiger partial charge in [-0.15, -0.1) is 0 Å². The van der Waals surface area contributed by atoms with Crippen LogP contribution >= 0.6 is 0 Å². The van der Waals surface area contributed by atoms with Gasteiger partial charge in [-0.1, -0.05) is 58.3 Å². The minimum atomic E-state index is -1.23. The maximum Gasteiger partial charge on any atom is 0.332 e. The second-order valence-electron chi connectivity index (χ2n) is 6.11. The molecular formula is C18H34N2O3. The van der Waals surface area contributed by atoms with Crippen molar-refractivity contribution in [1.82, 2.24) is 9.97 Å². The number of nitrogens with one attached hydrogen (secondary N) is 1. The molecule has 5 heteroatoms. The summed E-state index contributed by atoms with van der Waals surface area (Å²) in [6.45, 7) is 5.53. The third-order valence-corrected chi connectivity index (χ3v) is 3.63. The highest BCUT2D eigenvalue weighted by atomic mass is 16.4. The Morgan fingerprint density at radius 3 is 2.00 bits per heavy atom. The van der Waals surface area contributed by atoms with Gasteiger partial charge in [-0.2, -0.15) is 0 Å². The Morgan fingerprint density at radius 1 is 1.13 bits per heavy atom. The molecule has 5 nitrogen and oxygen atoms in total. The highest BCUT2D eigenvalue weighted by molar-refractivity contribution is 5.71. The van der Waals surface area contributed by atoms with Crippen molar-refractivity contribution in [3.8, 4) is 0 Å². The number of aromatic nitrogens is 2. The molecule has 0 saturated heterocycles. The number of carboxylic acid groups (broad SMARTS) is 1. The summed E-state index contributed by atoms with van der Waals surface area (Å²) in [5.74, 6) is -0.0274. The van der Waals surface area contributed by atoms with Gasteiger partial charge in [-0.3, -0.25) is 0 Å². The predicted molar refractivity (Wildman–Crippen MR) is 93.6 cm³/mol. The third-order valence-electron chi connectivity index (χ3n) is 3.63. The lowest BCUT2D eigenvalue weighted by Crippen LogP contribution is -2.13. The first-order chi connectivity index (χ1) is 11.0. The number of aryl methyl sites for hydroxylation is 2. The van der Waals surface area contributed by atoms with E-state index < -0.39 is 12.1 Å². The molecule has 0 aromatic carbocycles. The number of H-pyrrole nitrogens is 1. The molecule has 0 amide bonds. The van der Waals surface area contributed by atoms with Crippen molar-refractivity contribution in [2.75, 3.05) is 0 Å². The molecule has 0 aliphatic heterocycles. The van der Waals surface area contributed by atoms with E-state index in [4.69, 9.17) is 10.2 Å². The fraction of sp³-hybridized carbons (Fsp3) is 0.778. The van der Waals surface area contributed by atoms with E-state index in [1.807, 2.05) is 6.20 Å². The van der Waals surface area contributed by atoms with E-state index in [1.54, 1.807) is 0 Å². The van der Waals surface area contributed by atoms with Crippen LogP contribution in [0.15, 0.2) is 6.20 Å². The first-order valence-electron chi connectivity index (χ1n) is 8.88. The second-order valence-corrected chi connectivity index (χ2v) is 6.11. The molecule has 3 N–H and O–H groups in total. The zero-order valence-corrected chi connectivity index (χ0v) is 15.0. The van der Waals surface area contributed by atoms with Crippen LogP contribution in [0.4, 0.5) is 0 Å². The first kappa shape index (κ1) is 21.6. The molecule has 0 aliphatic rings. The summed E-state index contributed by atoms with van der Waals surface area (Å²) < 4.78 is 0. The zero-order valence-electron chi connectivity index (χ0n) is 15.0. The van der Waals surface area contributed by atoms with Gasteiger partial charge in [0.2, 0.25) is 0 Å². The molecule has 0 radical (unpaired) electrons. The number of hydrogen-bond acceptors (Lipinski definition) is 3. The number of aromatic amines is 1. The van der Waals surface area contributed by atoms with Crippen molar-refractivity contribution in [2.45, 2.75) is 91.1 Å². The van der Waals surface area contributed by atoms with E-state index in [1.165, 1.54) is 70.4 Å². The molecule has 1 atom stereocenters. The van der Waals surface area contributed by atoms with Crippen LogP contribution in [-0.4, -0.2) is 32.3 Å². The summed E-state index contributed by atoms with van der Waals surface area (Å²) in [4.78, 5) is 17.1. The van der Waals surface area contributed by atoms with Crippen molar-refractivity contribution < 1.29 is 15.0 Å². The van der Waals surface area contributed by atoms with E-state index in [-0.39, 0.29) is 0 Å². The van der Waals surface area contributed by atoms with E-state index >= 15 is 0 Å². The zero-order chi connectivity index (χ0) is 17.5. The minimum Gasteiger partial charge on any atom is -0.479 e. The summed E-state index contributed by atoms with van der Waals surface area (Å²) in [5, 5.41) is 15.8. The monoisotopic (exact) mass is 326 g/mol. The molecule has 0 saturated carbocycles. The molecule has 0 spiro atoms. The molecule has 1 aromatic rings. The second kappa shape index (κ2) is 14.2. The van der Waals surface area contributed by atoms with Crippen LogP contribution in [-0.2, 0) is 11.2 Å². The van der Waals surface area contributed by atoms with Gasteiger partial charge < -0.3 is 15.2 Å². The topological polar surface area (TPSA) is 86.2 Å². The van der Waals surface area contributed by atoms with Gasteiger partial charge >= 0.3 is 5.97 Å². The average Bonchev–Trinajstić information content (AvgIpc) is 2.91. The molecule has 1 rings (SSSR count). The lowest BCUT2D eigenvalue weighted by molar-refractivity contribution is -0.145. The molecule has 0 bridgehead atoms. The fourth-order valence-corrected chi connectivity index (χ4v) is 2.20. The molecule has 0 fully saturated rings. The molecule has 1 heterocycles. The van der Waals surface area contributed by atoms with Crippen LogP contribution in [0.25, 0.3) is 0 Å². The van der Waals surface area contributed by atoms with Gasteiger partial charge in [-0.05, 0) is 20.3 Å². The number of carboxylic acids is 1. The highest BCUT2D eigenvalue weighted by Crippen LogP contribution is 2.10. The Morgan fingerprint density at radius 2 is 1.61 bits per heavy atom. The summed E-state index contributed by atoms with van der Waals surface area (Å²) in [6.07, 6.45) is 14.3. The molecule has 1 unspecified atom stereocenters. The van der Waals surface area contributed by atoms with Crippen LogP contribution in [0, 0.1) is 6.92 Å². The Bertz CT molecular complexity index is 403. The van der Waals surface area contributed by atoms with Crippen molar-refractivity contribution in [1.29, 1.82) is 0 Å². The molecule has 23 heavy (non-hydrogen) atoms. The van der Waals surface area contributed by atoms with Gasteiger partial charge in [0.25, 0.3) is 0 Å². The molecule has 1 aromatic heterocycles. The van der Waals surface area contributed by atoms with Crippen molar-refractivity contribution in [2.24, 2.45) is 0 Å². The molecular weight excluding hydrogens is 292 g/mol. The van der Waals surface area contributed by atoms with Crippen LogP contribution in [0.1, 0.15) is 83.2 Å². The Labute approximate surface area is 140 Å². The standard InChI is InChI=1S/C15H28N2.C3H6O3/c1-3-4-5-6-7-8-9-10-11-12-15-16-13-14(2)17-15;1-2(4)3(5)6/h13H,3-12H2,1-2H3,(H,16,17);2,4H,1H3,(H,5,6). The van der Waals surface area contributed by atoms with Gasteiger partial charge in [-0.25, -0.2) is 9.78 Å². The van der Waals surface area contributed by atoms with E-state index in [2.05, 4.69) is 23.8 Å². The van der Waals surface area contributed by atoms with Gasteiger partial charge in [0, 0.05) is 18.3 Å².